The first kappa shape index (κ1) is 19.0. The molecule has 3 aromatic rings. The first-order chi connectivity index (χ1) is 13.9. The molecule has 4 rings (SSSR count). The molecule has 0 saturated carbocycles. The molecule has 1 aliphatic rings. The lowest BCUT2D eigenvalue weighted by Gasteiger charge is -2.28. The molecule has 0 radical (unpaired) electrons. The summed E-state index contributed by atoms with van der Waals surface area (Å²) in [6, 6.07) is 4.23. The lowest BCUT2D eigenvalue weighted by atomic mass is 9.99. The van der Waals surface area contributed by atoms with E-state index >= 15 is 0 Å². The van der Waals surface area contributed by atoms with Gasteiger partial charge >= 0.3 is 0 Å². The van der Waals surface area contributed by atoms with E-state index in [0.717, 1.165) is 18.9 Å². The second-order valence-electron chi connectivity index (χ2n) is 7.43. The number of fused-ring (bicyclic) bond motifs is 1. The second-order valence-corrected chi connectivity index (χ2v) is 7.43. The maximum Gasteiger partial charge on any atom is 0.265 e. The number of aromatic nitrogens is 5. The highest BCUT2D eigenvalue weighted by atomic mass is 16.5. The van der Waals surface area contributed by atoms with E-state index in [-0.39, 0.29) is 16.8 Å². The normalized spacial score (nSPS) is 16.7. The first-order valence-corrected chi connectivity index (χ1v) is 9.57. The molecule has 10 heteroatoms. The highest BCUT2D eigenvalue weighted by Crippen LogP contribution is 2.31. The van der Waals surface area contributed by atoms with Gasteiger partial charge in [-0.05, 0) is 13.3 Å². The predicted molar refractivity (Wildman–Crippen MR) is 110 cm³/mol. The van der Waals surface area contributed by atoms with Gasteiger partial charge in [-0.15, -0.1) is 0 Å². The van der Waals surface area contributed by atoms with Gasteiger partial charge in [0.25, 0.3) is 5.56 Å². The third kappa shape index (κ3) is 2.94. The Morgan fingerprint density at radius 2 is 2.14 bits per heavy atom. The van der Waals surface area contributed by atoms with Gasteiger partial charge in [-0.25, -0.2) is 0 Å². The van der Waals surface area contributed by atoms with Crippen LogP contribution in [0.5, 0.6) is 0 Å². The number of ether oxygens (including phenoxy) is 1. The molecule has 0 aromatic carbocycles. The molecule has 0 amide bonds. The number of nitrogen functional groups attached to an aromatic ring is 1. The number of rotatable bonds is 4. The Morgan fingerprint density at radius 3 is 2.79 bits per heavy atom. The molecular formula is C19H24N8O2. The zero-order valence-electron chi connectivity index (χ0n) is 16.8. The molecule has 1 aliphatic heterocycles. The largest absolute Gasteiger partial charge is 0.382 e. The van der Waals surface area contributed by atoms with Gasteiger partial charge in [0.2, 0.25) is 0 Å². The van der Waals surface area contributed by atoms with Gasteiger partial charge in [0, 0.05) is 38.0 Å². The number of hydrogen-bond acceptors (Lipinski definition) is 7. The van der Waals surface area contributed by atoms with Crippen LogP contribution < -0.4 is 16.2 Å². The fourth-order valence-corrected chi connectivity index (χ4v) is 3.68. The summed E-state index contributed by atoms with van der Waals surface area (Å²) in [6.07, 6.45) is 2.15. The van der Waals surface area contributed by atoms with Crippen molar-refractivity contribution in [2.24, 2.45) is 7.05 Å². The number of aromatic amines is 1. The van der Waals surface area contributed by atoms with Crippen LogP contribution in [0.25, 0.3) is 22.2 Å². The van der Waals surface area contributed by atoms with Crippen molar-refractivity contribution >= 4 is 22.5 Å². The minimum absolute atomic E-state index is 0.112. The molecule has 29 heavy (non-hydrogen) atoms. The third-order valence-corrected chi connectivity index (χ3v) is 5.68. The minimum atomic E-state index is -1.01. The van der Waals surface area contributed by atoms with Crippen LogP contribution in [0.3, 0.4) is 0 Å². The van der Waals surface area contributed by atoms with Crippen molar-refractivity contribution in [1.29, 1.82) is 5.26 Å². The summed E-state index contributed by atoms with van der Waals surface area (Å²) in [4.78, 5) is 15.3. The van der Waals surface area contributed by atoms with E-state index < -0.39 is 5.54 Å². The molecule has 0 aliphatic carbocycles. The molecule has 1 saturated heterocycles. The second kappa shape index (κ2) is 6.93. The molecule has 1 fully saturated rings. The Bertz CT molecular complexity index is 1160. The number of nitriles is 1. The van der Waals surface area contributed by atoms with E-state index in [1.807, 2.05) is 24.7 Å². The standard InChI is InChI=1S/C19H24N8O2/c1-4-19(2,11-20)27-10-12(16-15(18(27)28)17(21)23-22-16)13-9-14(25(3)24-13)26-5-7-29-8-6-26/h9-10H,4-8H2,1-3H3,(H3,21,22,23). The minimum Gasteiger partial charge on any atom is -0.382 e. The molecule has 4 heterocycles. The maximum absolute atomic E-state index is 13.1. The van der Waals surface area contributed by atoms with Crippen LogP contribution in [0.2, 0.25) is 0 Å². The van der Waals surface area contributed by atoms with Gasteiger partial charge < -0.3 is 15.4 Å². The van der Waals surface area contributed by atoms with Crippen molar-refractivity contribution in [3.05, 3.63) is 22.6 Å². The van der Waals surface area contributed by atoms with Crippen molar-refractivity contribution in [2.45, 2.75) is 25.8 Å². The number of morpholine rings is 1. The lowest BCUT2D eigenvalue weighted by molar-refractivity contribution is 0.122. The van der Waals surface area contributed by atoms with Gasteiger partial charge in [0.1, 0.15) is 16.7 Å². The quantitative estimate of drug-likeness (QED) is 0.677. The summed E-state index contributed by atoms with van der Waals surface area (Å²) in [6.45, 7) is 6.52. The van der Waals surface area contributed by atoms with Crippen LogP contribution in [0.15, 0.2) is 17.1 Å². The molecule has 3 aromatic heterocycles. The Balaban J connectivity index is 1.94. The average Bonchev–Trinajstić information content (AvgIpc) is 3.32. The topological polar surface area (TPSA) is 131 Å². The van der Waals surface area contributed by atoms with Gasteiger partial charge in [0.15, 0.2) is 5.82 Å². The smallest absolute Gasteiger partial charge is 0.265 e. The molecule has 1 unspecified atom stereocenters. The van der Waals surface area contributed by atoms with E-state index in [0.29, 0.717) is 36.4 Å². The van der Waals surface area contributed by atoms with Gasteiger partial charge in [0.05, 0.1) is 30.5 Å². The first-order valence-electron chi connectivity index (χ1n) is 9.57. The highest BCUT2D eigenvalue weighted by Gasteiger charge is 2.29. The van der Waals surface area contributed by atoms with E-state index in [4.69, 9.17) is 10.5 Å². The van der Waals surface area contributed by atoms with Gasteiger partial charge in [-0.1, -0.05) is 6.92 Å². The Hall–Kier alpha value is -3.32. The Kier molecular flexibility index (Phi) is 4.55. The number of nitrogens with zero attached hydrogens (tertiary/aromatic N) is 6. The zero-order chi connectivity index (χ0) is 20.8. The highest BCUT2D eigenvalue weighted by molar-refractivity contribution is 5.97. The zero-order valence-corrected chi connectivity index (χ0v) is 16.8. The van der Waals surface area contributed by atoms with E-state index in [9.17, 15) is 10.1 Å². The Labute approximate surface area is 167 Å². The van der Waals surface area contributed by atoms with Crippen LogP contribution in [0.4, 0.5) is 11.6 Å². The fourth-order valence-electron chi connectivity index (χ4n) is 3.68. The van der Waals surface area contributed by atoms with Crippen molar-refractivity contribution in [2.75, 3.05) is 36.9 Å². The fraction of sp³-hybridized carbons (Fsp3) is 0.474. The number of hydrogen-bond donors (Lipinski definition) is 2. The maximum atomic E-state index is 13.1. The summed E-state index contributed by atoms with van der Waals surface area (Å²) in [7, 11) is 1.88. The van der Waals surface area contributed by atoms with Crippen molar-refractivity contribution < 1.29 is 4.74 Å². The molecule has 152 valence electrons. The van der Waals surface area contributed by atoms with Crippen LogP contribution in [-0.4, -0.2) is 50.8 Å². The Morgan fingerprint density at radius 1 is 1.41 bits per heavy atom. The molecule has 0 bridgehead atoms. The van der Waals surface area contributed by atoms with Crippen molar-refractivity contribution in [3.63, 3.8) is 0 Å². The molecule has 3 N–H and O–H groups in total. The summed E-state index contributed by atoms with van der Waals surface area (Å²) in [5.41, 5.74) is 6.50. The molecule has 10 nitrogen and oxygen atoms in total. The van der Waals surface area contributed by atoms with E-state index in [1.54, 1.807) is 13.1 Å². The molecular weight excluding hydrogens is 372 g/mol. The number of H-pyrrole nitrogens is 1. The van der Waals surface area contributed by atoms with Crippen LogP contribution >= 0.6 is 0 Å². The third-order valence-electron chi connectivity index (χ3n) is 5.68. The van der Waals surface area contributed by atoms with Crippen LogP contribution in [-0.2, 0) is 17.3 Å². The van der Waals surface area contributed by atoms with Gasteiger partial charge in [-0.3, -0.25) is 19.1 Å². The average molecular weight is 396 g/mol. The van der Waals surface area contributed by atoms with E-state index in [1.165, 1.54) is 4.57 Å². The SMILES string of the molecule is CCC(C)(C#N)n1cc(-c2cc(N3CCOCC3)n(C)n2)c2[nH]nc(N)c2c1=O. The molecule has 1 atom stereocenters. The van der Waals surface area contributed by atoms with E-state index in [2.05, 4.69) is 26.3 Å². The van der Waals surface area contributed by atoms with Crippen LogP contribution in [0, 0.1) is 11.3 Å². The number of aryl methyl sites for hydroxylation is 1. The monoisotopic (exact) mass is 396 g/mol. The summed E-state index contributed by atoms with van der Waals surface area (Å²) in [5.74, 6) is 1.07. The summed E-state index contributed by atoms with van der Waals surface area (Å²) >= 11 is 0. The number of nitrogens with two attached hydrogens (primary N) is 1. The number of anilines is 2. The van der Waals surface area contributed by atoms with Crippen molar-refractivity contribution in [1.82, 2.24) is 24.5 Å². The predicted octanol–water partition coefficient (Wildman–Crippen LogP) is 1.19. The van der Waals surface area contributed by atoms with Gasteiger partial charge in [-0.2, -0.15) is 15.5 Å². The number of pyridine rings is 1. The summed E-state index contributed by atoms with van der Waals surface area (Å²) in [5, 5.41) is 21.6. The molecule has 0 spiro atoms. The summed E-state index contributed by atoms with van der Waals surface area (Å²) < 4.78 is 8.69. The number of nitrogens with one attached hydrogen (secondary N) is 1. The van der Waals surface area contributed by atoms with Crippen LogP contribution in [0.1, 0.15) is 20.3 Å². The van der Waals surface area contributed by atoms with Crippen molar-refractivity contribution in [3.8, 4) is 17.3 Å². The lowest BCUT2D eigenvalue weighted by Crippen LogP contribution is -2.37.